The lowest BCUT2D eigenvalue weighted by Crippen LogP contribution is -2.29. The predicted molar refractivity (Wildman–Crippen MR) is 57.0 cm³/mol. The van der Waals surface area contributed by atoms with Crippen LogP contribution in [-0.4, -0.2) is 41.1 Å². The molecule has 0 heterocycles. The standard InChI is InChI=1S/C7H10Cl2O5S/c1-4(7(10)11)6(9)5(2-8)3-15(12,13)14/h5-6H,1-3H2,(H,10,11)(H,12,13,14). The van der Waals surface area contributed by atoms with Crippen molar-refractivity contribution in [1.82, 2.24) is 0 Å². The molecule has 0 amide bonds. The van der Waals surface area contributed by atoms with Crippen molar-refractivity contribution >= 4 is 39.3 Å². The highest BCUT2D eigenvalue weighted by Crippen LogP contribution is 2.21. The van der Waals surface area contributed by atoms with E-state index in [1.807, 2.05) is 0 Å². The zero-order valence-corrected chi connectivity index (χ0v) is 9.89. The van der Waals surface area contributed by atoms with Gasteiger partial charge in [-0.25, -0.2) is 4.79 Å². The summed E-state index contributed by atoms with van der Waals surface area (Å²) in [4.78, 5) is 10.5. The molecular formula is C7H10Cl2O5S. The van der Waals surface area contributed by atoms with E-state index in [-0.39, 0.29) is 11.5 Å². The van der Waals surface area contributed by atoms with Gasteiger partial charge in [0.25, 0.3) is 10.1 Å². The van der Waals surface area contributed by atoms with Crippen LogP contribution in [0.25, 0.3) is 0 Å². The molecule has 5 nitrogen and oxygen atoms in total. The van der Waals surface area contributed by atoms with Crippen molar-refractivity contribution < 1.29 is 22.9 Å². The second kappa shape index (κ2) is 5.69. The van der Waals surface area contributed by atoms with Gasteiger partial charge in [0.05, 0.1) is 11.1 Å². The first kappa shape index (κ1) is 14.7. The van der Waals surface area contributed by atoms with E-state index in [9.17, 15) is 13.2 Å². The van der Waals surface area contributed by atoms with Crippen LogP contribution in [0.4, 0.5) is 0 Å². The molecule has 0 aliphatic carbocycles. The number of aliphatic carboxylic acids is 1. The molecule has 0 rings (SSSR count). The number of carboxylic acids is 1. The average Bonchev–Trinajstić information content (AvgIpc) is 2.10. The summed E-state index contributed by atoms with van der Waals surface area (Å²) < 4.78 is 29.7. The molecular weight excluding hydrogens is 267 g/mol. The van der Waals surface area contributed by atoms with Crippen molar-refractivity contribution in [2.24, 2.45) is 5.92 Å². The van der Waals surface area contributed by atoms with Crippen LogP contribution in [0, 0.1) is 5.92 Å². The Morgan fingerprint density at radius 3 is 2.20 bits per heavy atom. The Bertz CT molecular complexity index is 350. The van der Waals surface area contributed by atoms with Gasteiger partial charge in [-0.3, -0.25) is 4.55 Å². The van der Waals surface area contributed by atoms with E-state index in [0.29, 0.717) is 0 Å². The molecule has 0 aromatic heterocycles. The molecule has 0 radical (unpaired) electrons. The van der Waals surface area contributed by atoms with Crippen LogP contribution in [0.1, 0.15) is 0 Å². The van der Waals surface area contributed by atoms with Gasteiger partial charge >= 0.3 is 5.97 Å². The van der Waals surface area contributed by atoms with Crippen LogP contribution in [0.3, 0.4) is 0 Å². The van der Waals surface area contributed by atoms with Crippen LogP contribution in [0.5, 0.6) is 0 Å². The molecule has 2 N–H and O–H groups in total. The number of hydrogen-bond donors (Lipinski definition) is 2. The first-order valence-corrected chi connectivity index (χ1v) is 6.34. The minimum atomic E-state index is -4.24. The number of rotatable bonds is 6. The summed E-state index contributed by atoms with van der Waals surface area (Å²) in [5.74, 6) is -3.12. The van der Waals surface area contributed by atoms with Crippen LogP contribution in [0.2, 0.25) is 0 Å². The Kier molecular flexibility index (Phi) is 5.58. The summed E-state index contributed by atoms with van der Waals surface area (Å²) >= 11 is 11.1. The third-order valence-corrected chi connectivity index (χ3v) is 3.51. The molecule has 0 fully saturated rings. The van der Waals surface area contributed by atoms with Crippen molar-refractivity contribution in [2.45, 2.75) is 5.38 Å². The summed E-state index contributed by atoms with van der Waals surface area (Å²) in [6.07, 6.45) is 0. The Labute approximate surface area is 97.4 Å². The van der Waals surface area contributed by atoms with Gasteiger partial charge in [-0.05, 0) is 0 Å². The topological polar surface area (TPSA) is 91.7 Å². The smallest absolute Gasteiger partial charge is 0.332 e. The van der Waals surface area contributed by atoms with Gasteiger partial charge in [0.15, 0.2) is 0 Å². The van der Waals surface area contributed by atoms with Crippen molar-refractivity contribution in [3.05, 3.63) is 12.2 Å². The molecule has 2 atom stereocenters. The number of carbonyl (C=O) groups is 1. The predicted octanol–water partition coefficient (Wildman–Crippen LogP) is 0.977. The van der Waals surface area contributed by atoms with E-state index in [4.69, 9.17) is 32.9 Å². The van der Waals surface area contributed by atoms with Crippen LogP contribution < -0.4 is 0 Å². The second-order valence-electron chi connectivity index (χ2n) is 2.90. The average molecular weight is 277 g/mol. The zero-order valence-electron chi connectivity index (χ0n) is 7.56. The lowest BCUT2D eigenvalue weighted by atomic mass is 10.0. The molecule has 88 valence electrons. The van der Waals surface area contributed by atoms with E-state index in [2.05, 4.69) is 6.58 Å². The summed E-state index contributed by atoms with van der Waals surface area (Å²) in [6.45, 7) is 3.19. The largest absolute Gasteiger partial charge is 0.478 e. The fourth-order valence-electron chi connectivity index (χ4n) is 0.880. The minimum absolute atomic E-state index is 0.194. The third kappa shape index (κ3) is 5.36. The first-order chi connectivity index (χ1) is 6.69. The van der Waals surface area contributed by atoms with Crippen molar-refractivity contribution in [2.75, 3.05) is 11.6 Å². The van der Waals surface area contributed by atoms with Gasteiger partial charge in [-0.15, -0.1) is 23.2 Å². The third-order valence-electron chi connectivity index (χ3n) is 1.64. The molecule has 0 aromatic rings. The molecule has 0 aliphatic heterocycles. The minimum Gasteiger partial charge on any atom is -0.478 e. The SMILES string of the molecule is C=C(C(=O)O)C(Cl)C(CCl)CS(=O)(=O)O. The number of alkyl halides is 2. The first-order valence-electron chi connectivity index (χ1n) is 3.76. The van der Waals surface area contributed by atoms with E-state index in [0.717, 1.165) is 0 Å². The van der Waals surface area contributed by atoms with Gasteiger partial charge in [0, 0.05) is 17.4 Å². The maximum atomic E-state index is 10.6. The fraction of sp³-hybridized carbons (Fsp3) is 0.571. The Morgan fingerprint density at radius 2 is 1.93 bits per heavy atom. The van der Waals surface area contributed by atoms with Crippen molar-refractivity contribution in [3.63, 3.8) is 0 Å². The van der Waals surface area contributed by atoms with E-state index >= 15 is 0 Å². The van der Waals surface area contributed by atoms with Crippen molar-refractivity contribution in [1.29, 1.82) is 0 Å². The Hall–Kier alpha value is -0.300. The van der Waals surface area contributed by atoms with Gasteiger partial charge in [-0.2, -0.15) is 8.42 Å². The van der Waals surface area contributed by atoms with E-state index in [1.165, 1.54) is 0 Å². The fourth-order valence-corrected chi connectivity index (χ4v) is 2.62. The Balaban J connectivity index is 4.69. The molecule has 0 aliphatic rings. The lowest BCUT2D eigenvalue weighted by molar-refractivity contribution is -0.132. The quantitative estimate of drug-likeness (QED) is 0.429. The highest BCUT2D eigenvalue weighted by Gasteiger charge is 2.28. The summed E-state index contributed by atoms with van der Waals surface area (Å²) in [7, 11) is -4.24. The highest BCUT2D eigenvalue weighted by molar-refractivity contribution is 7.85. The summed E-state index contributed by atoms with van der Waals surface area (Å²) in [5, 5.41) is 7.42. The molecule has 8 heteroatoms. The zero-order chi connectivity index (χ0) is 12.2. The number of carboxylic acid groups (broad SMARTS) is 1. The lowest BCUT2D eigenvalue weighted by Gasteiger charge is -2.18. The van der Waals surface area contributed by atoms with Gasteiger partial charge in [0.1, 0.15) is 0 Å². The van der Waals surface area contributed by atoms with E-state index < -0.39 is 33.1 Å². The molecule has 0 spiro atoms. The van der Waals surface area contributed by atoms with Gasteiger partial charge in [0.2, 0.25) is 0 Å². The number of halogens is 2. The highest BCUT2D eigenvalue weighted by atomic mass is 35.5. The van der Waals surface area contributed by atoms with Crippen LogP contribution in [0.15, 0.2) is 12.2 Å². The molecule has 0 bridgehead atoms. The van der Waals surface area contributed by atoms with Crippen molar-refractivity contribution in [3.8, 4) is 0 Å². The molecule has 0 saturated heterocycles. The van der Waals surface area contributed by atoms with Gasteiger partial charge in [-0.1, -0.05) is 6.58 Å². The van der Waals surface area contributed by atoms with E-state index in [1.54, 1.807) is 0 Å². The van der Waals surface area contributed by atoms with Crippen LogP contribution >= 0.6 is 23.2 Å². The van der Waals surface area contributed by atoms with Gasteiger partial charge < -0.3 is 5.11 Å². The second-order valence-corrected chi connectivity index (χ2v) is 5.17. The molecule has 15 heavy (non-hydrogen) atoms. The monoisotopic (exact) mass is 276 g/mol. The molecule has 0 aromatic carbocycles. The summed E-state index contributed by atoms with van der Waals surface area (Å²) in [5.41, 5.74) is -0.356. The Morgan fingerprint density at radius 1 is 1.47 bits per heavy atom. The number of hydrogen-bond acceptors (Lipinski definition) is 3. The molecule has 0 saturated carbocycles. The maximum Gasteiger partial charge on any atom is 0.332 e. The maximum absolute atomic E-state index is 10.6. The van der Waals surface area contributed by atoms with Crippen LogP contribution in [-0.2, 0) is 14.9 Å². The summed E-state index contributed by atoms with van der Waals surface area (Å²) in [6, 6.07) is 0. The normalized spacial score (nSPS) is 15.7. The molecule has 2 unspecified atom stereocenters.